The molecule has 1 aromatic rings. The Labute approximate surface area is 102 Å². The highest BCUT2D eigenvalue weighted by Crippen LogP contribution is 2.25. The van der Waals surface area contributed by atoms with E-state index in [0.29, 0.717) is 24.1 Å². The molecule has 2 N–H and O–H groups in total. The molecule has 90 valence electrons. The van der Waals surface area contributed by atoms with Crippen LogP contribution in [0.5, 0.6) is 5.88 Å². The molecule has 1 aromatic heterocycles. The van der Waals surface area contributed by atoms with E-state index in [1.54, 1.807) is 11.8 Å². The van der Waals surface area contributed by atoms with Crippen molar-refractivity contribution >= 4 is 17.4 Å². The maximum Gasteiger partial charge on any atom is 0.238 e. The number of nitrogen functional groups attached to an aromatic ring is 1. The maximum absolute atomic E-state index is 5.76. The highest BCUT2D eigenvalue weighted by molar-refractivity contribution is 7.99. The number of rotatable bonds is 6. The van der Waals surface area contributed by atoms with Crippen molar-refractivity contribution in [3.8, 4) is 5.88 Å². The van der Waals surface area contributed by atoms with Gasteiger partial charge in [0.2, 0.25) is 5.88 Å². The highest BCUT2D eigenvalue weighted by Gasteiger charge is 2.06. The molecular formula is C12H20N2OS. The molecule has 1 rings (SSSR count). The van der Waals surface area contributed by atoms with E-state index in [4.69, 9.17) is 10.5 Å². The summed E-state index contributed by atoms with van der Waals surface area (Å²) in [6.45, 7) is 6.97. The molecule has 0 fully saturated rings. The van der Waals surface area contributed by atoms with Gasteiger partial charge in [0, 0.05) is 5.75 Å². The SMILES string of the molecule is CCOc1nc(SCC(C)CC)ccc1N. The summed E-state index contributed by atoms with van der Waals surface area (Å²) in [5.74, 6) is 2.34. The minimum atomic E-state index is 0.552. The molecule has 1 heterocycles. The third kappa shape index (κ3) is 3.93. The maximum atomic E-state index is 5.76. The zero-order valence-corrected chi connectivity index (χ0v) is 11.0. The molecule has 0 radical (unpaired) electrons. The van der Waals surface area contributed by atoms with Gasteiger partial charge in [-0.1, -0.05) is 20.3 Å². The summed E-state index contributed by atoms with van der Waals surface area (Å²) in [6.07, 6.45) is 1.19. The van der Waals surface area contributed by atoms with Gasteiger partial charge in [0.15, 0.2) is 0 Å². The van der Waals surface area contributed by atoms with Gasteiger partial charge < -0.3 is 10.5 Å². The molecule has 16 heavy (non-hydrogen) atoms. The fraction of sp³-hybridized carbons (Fsp3) is 0.583. The Morgan fingerprint density at radius 1 is 1.44 bits per heavy atom. The Balaban J connectivity index is 2.63. The van der Waals surface area contributed by atoms with Crippen LogP contribution in [0.15, 0.2) is 17.2 Å². The smallest absolute Gasteiger partial charge is 0.238 e. The lowest BCUT2D eigenvalue weighted by Gasteiger charge is -2.09. The van der Waals surface area contributed by atoms with Crippen molar-refractivity contribution in [2.75, 3.05) is 18.1 Å². The summed E-state index contributed by atoms with van der Waals surface area (Å²) in [6, 6.07) is 3.81. The molecule has 4 heteroatoms. The molecule has 1 unspecified atom stereocenters. The number of pyridine rings is 1. The van der Waals surface area contributed by atoms with Crippen LogP contribution < -0.4 is 10.5 Å². The Hall–Kier alpha value is -0.900. The van der Waals surface area contributed by atoms with Crippen molar-refractivity contribution in [1.29, 1.82) is 0 Å². The van der Waals surface area contributed by atoms with Crippen LogP contribution in [0.3, 0.4) is 0 Å². The van der Waals surface area contributed by atoms with Crippen LogP contribution in [-0.2, 0) is 0 Å². The molecular weight excluding hydrogens is 220 g/mol. The average molecular weight is 240 g/mol. The predicted octanol–water partition coefficient (Wildman–Crippen LogP) is 3.20. The highest BCUT2D eigenvalue weighted by atomic mass is 32.2. The second-order valence-corrected chi connectivity index (χ2v) is 4.84. The molecule has 0 saturated heterocycles. The van der Waals surface area contributed by atoms with Crippen molar-refractivity contribution in [1.82, 2.24) is 4.98 Å². The van der Waals surface area contributed by atoms with Crippen LogP contribution in [0.1, 0.15) is 27.2 Å². The van der Waals surface area contributed by atoms with E-state index in [9.17, 15) is 0 Å². The Bertz CT molecular complexity index is 331. The van der Waals surface area contributed by atoms with Gasteiger partial charge in [-0.2, -0.15) is 0 Å². The number of anilines is 1. The van der Waals surface area contributed by atoms with Crippen molar-refractivity contribution in [3.05, 3.63) is 12.1 Å². The first kappa shape index (κ1) is 13.2. The minimum absolute atomic E-state index is 0.552. The van der Waals surface area contributed by atoms with Gasteiger partial charge in [-0.05, 0) is 25.0 Å². The van der Waals surface area contributed by atoms with Crippen LogP contribution in [0.2, 0.25) is 0 Å². The predicted molar refractivity (Wildman–Crippen MR) is 70.0 cm³/mol. The number of ether oxygens (including phenoxy) is 1. The molecule has 0 amide bonds. The molecule has 0 spiro atoms. The minimum Gasteiger partial charge on any atom is -0.476 e. The van der Waals surface area contributed by atoms with Gasteiger partial charge in [0.1, 0.15) is 5.03 Å². The van der Waals surface area contributed by atoms with Crippen LogP contribution in [0.25, 0.3) is 0 Å². The number of hydrogen-bond acceptors (Lipinski definition) is 4. The normalized spacial score (nSPS) is 12.4. The first-order valence-corrected chi connectivity index (χ1v) is 6.68. The second-order valence-electron chi connectivity index (χ2n) is 3.80. The summed E-state index contributed by atoms with van der Waals surface area (Å²) >= 11 is 1.76. The number of aromatic nitrogens is 1. The van der Waals surface area contributed by atoms with Gasteiger partial charge in [-0.15, -0.1) is 11.8 Å². The number of nitrogens with zero attached hydrogens (tertiary/aromatic N) is 1. The van der Waals surface area contributed by atoms with E-state index in [0.717, 1.165) is 10.8 Å². The van der Waals surface area contributed by atoms with Crippen molar-refractivity contribution in [3.63, 3.8) is 0 Å². The van der Waals surface area contributed by atoms with E-state index >= 15 is 0 Å². The van der Waals surface area contributed by atoms with E-state index in [-0.39, 0.29) is 0 Å². The fourth-order valence-corrected chi connectivity index (χ4v) is 2.12. The van der Waals surface area contributed by atoms with Gasteiger partial charge in [0.05, 0.1) is 12.3 Å². The summed E-state index contributed by atoms with van der Waals surface area (Å²) in [5, 5.41) is 0.984. The summed E-state index contributed by atoms with van der Waals surface area (Å²) < 4.78 is 5.36. The van der Waals surface area contributed by atoms with Gasteiger partial charge >= 0.3 is 0 Å². The number of hydrogen-bond donors (Lipinski definition) is 1. The number of nitrogens with two attached hydrogens (primary N) is 1. The molecule has 1 atom stereocenters. The molecule has 0 aliphatic heterocycles. The monoisotopic (exact) mass is 240 g/mol. The van der Waals surface area contributed by atoms with Crippen molar-refractivity contribution < 1.29 is 4.74 Å². The zero-order chi connectivity index (χ0) is 12.0. The van der Waals surface area contributed by atoms with Crippen LogP contribution in [0.4, 0.5) is 5.69 Å². The third-order valence-corrected chi connectivity index (χ3v) is 3.62. The molecule has 0 aliphatic carbocycles. The van der Waals surface area contributed by atoms with Crippen molar-refractivity contribution in [2.24, 2.45) is 5.92 Å². The average Bonchev–Trinajstić information content (AvgIpc) is 2.30. The lowest BCUT2D eigenvalue weighted by atomic mass is 10.2. The Kier molecular flexibility index (Phi) is 5.46. The summed E-state index contributed by atoms with van der Waals surface area (Å²) in [7, 11) is 0. The topological polar surface area (TPSA) is 48.1 Å². The Morgan fingerprint density at radius 2 is 2.19 bits per heavy atom. The summed E-state index contributed by atoms with van der Waals surface area (Å²) in [5.41, 5.74) is 6.37. The Morgan fingerprint density at radius 3 is 2.81 bits per heavy atom. The van der Waals surface area contributed by atoms with Gasteiger partial charge in [0.25, 0.3) is 0 Å². The second kappa shape index (κ2) is 6.63. The van der Waals surface area contributed by atoms with Crippen LogP contribution >= 0.6 is 11.8 Å². The molecule has 0 aromatic carbocycles. The van der Waals surface area contributed by atoms with Gasteiger partial charge in [-0.25, -0.2) is 4.98 Å². The number of thioether (sulfide) groups is 1. The first-order chi connectivity index (χ1) is 7.67. The van der Waals surface area contributed by atoms with Gasteiger partial charge in [-0.3, -0.25) is 0 Å². The molecule has 0 saturated carbocycles. The first-order valence-electron chi connectivity index (χ1n) is 5.69. The molecule has 0 bridgehead atoms. The lowest BCUT2D eigenvalue weighted by molar-refractivity contribution is 0.326. The van der Waals surface area contributed by atoms with Crippen LogP contribution in [0, 0.1) is 5.92 Å². The fourth-order valence-electron chi connectivity index (χ4n) is 1.11. The largest absolute Gasteiger partial charge is 0.476 e. The van der Waals surface area contributed by atoms with E-state index in [2.05, 4.69) is 18.8 Å². The van der Waals surface area contributed by atoms with Crippen molar-refractivity contribution in [2.45, 2.75) is 32.2 Å². The van der Waals surface area contributed by atoms with E-state index in [1.807, 2.05) is 19.1 Å². The van der Waals surface area contributed by atoms with Crippen LogP contribution in [-0.4, -0.2) is 17.3 Å². The molecule has 0 aliphatic rings. The lowest BCUT2D eigenvalue weighted by Crippen LogP contribution is -2.01. The van der Waals surface area contributed by atoms with E-state index in [1.165, 1.54) is 6.42 Å². The summed E-state index contributed by atoms with van der Waals surface area (Å²) in [4.78, 5) is 4.38. The zero-order valence-electron chi connectivity index (χ0n) is 10.2. The third-order valence-electron chi connectivity index (χ3n) is 2.36. The quantitative estimate of drug-likeness (QED) is 0.776. The standard InChI is InChI=1S/C12H20N2OS/c1-4-9(3)8-16-11-7-6-10(13)12(14-11)15-5-2/h6-7,9H,4-5,8,13H2,1-3H3. The molecule has 3 nitrogen and oxygen atoms in total. The van der Waals surface area contributed by atoms with E-state index < -0.39 is 0 Å².